The molecule has 1 saturated carbocycles. The van der Waals surface area contributed by atoms with Crippen molar-refractivity contribution < 1.29 is 13.9 Å². The fourth-order valence-electron chi connectivity index (χ4n) is 3.82. The molecule has 1 N–H and O–H groups in total. The molecule has 138 valence electrons. The van der Waals surface area contributed by atoms with Crippen LogP contribution in [0.25, 0.3) is 0 Å². The molecule has 0 spiro atoms. The predicted octanol–water partition coefficient (Wildman–Crippen LogP) is 3.95. The van der Waals surface area contributed by atoms with Crippen LogP contribution >= 0.6 is 11.9 Å². The zero-order valence-corrected chi connectivity index (χ0v) is 15.6. The van der Waals surface area contributed by atoms with E-state index in [4.69, 9.17) is 9.15 Å². The molecule has 1 aromatic heterocycles. The number of piperidine rings is 1. The first kappa shape index (κ1) is 17.4. The van der Waals surface area contributed by atoms with Crippen molar-refractivity contribution in [3.8, 4) is 0 Å². The number of aromatic nitrogens is 1. The van der Waals surface area contributed by atoms with Gasteiger partial charge in [-0.15, -0.1) is 0 Å². The standard InChI is InChI=1S/C19H23N3O3S/c1-26-22-7-6-14(17-9-18(17)22)8-13-2-4-15(5-3-13)21-19(23)24-11-16-10-20-12-25-16/h2-5,10,12,14,17-18H,6-9,11H2,1H3,(H,21,23). The zero-order valence-electron chi connectivity index (χ0n) is 14.8. The lowest BCUT2D eigenvalue weighted by Gasteiger charge is -2.29. The molecule has 2 fully saturated rings. The number of benzene rings is 1. The molecular weight excluding hydrogens is 350 g/mol. The third-order valence-electron chi connectivity index (χ3n) is 5.26. The van der Waals surface area contributed by atoms with Crippen molar-refractivity contribution in [3.63, 3.8) is 0 Å². The van der Waals surface area contributed by atoms with Crippen molar-refractivity contribution in [1.29, 1.82) is 0 Å². The van der Waals surface area contributed by atoms with E-state index in [0.29, 0.717) is 5.76 Å². The maximum atomic E-state index is 11.8. The number of amides is 1. The third-order valence-corrected chi connectivity index (χ3v) is 6.18. The van der Waals surface area contributed by atoms with Crippen LogP contribution in [-0.2, 0) is 17.8 Å². The highest BCUT2D eigenvalue weighted by atomic mass is 32.2. The monoisotopic (exact) mass is 373 g/mol. The number of hydrogen-bond donors (Lipinski definition) is 1. The van der Waals surface area contributed by atoms with Crippen molar-refractivity contribution in [1.82, 2.24) is 9.29 Å². The molecule has 0 bridgehead atoms. The molecule has 1 amide bonds. The number of nitrogens with one attached hydrogen (secondary N) is 1. The molecule has 1 saturated heterocycles. The summed E-state index contributed by atoms with van der Waals surface area (Å²) in [5.74, 6) is 2.16. The molecule has 3 unspecified atom stereocenters. The van der Waals surface area contributed by atoms with Crippen LogP contribution in [-0.4, -0.2) is 34.2 Å². The lowest BCUT2D eigenvalue weighted by Crippen LogP contribution is -2.30. The third kappa shape index (κ3) is 4.04. The van der Waals surface area contributed by atoms with Crippen molar-refractivity contribution >= 4 is 23.7 Å². The van der Waals surface area contributed by atoms with Gasteiger partial charge in [0.15, 0.2) is 18.8 Å². The highest BCUT2D eigenvalue weighted by Gasteiger charge is 2.49. The van der Waals surface area contributed by atoms with Gasteiger partial charge in [0.25, 0.3) is 0 Å². The van der Waals surface area contributed by atoms with Crippen molar-refractivity contribution in [3.05, 3.63) is 48.2 Å². The molecule has 6 nitrogen and oxygen atoms in total. The lowest BCUT2D eigenvalue weighted by atomic mass is 9.89. The summed E-state index contributed by atoms with van der Waals surface area (Å²) < 4.78 is 12.7. The zero-order chi connectivity index (χ0) is 17.9. The van der Waals surface area contributed by atoms with Crippen LogP contribution in [0, 0.1) is 11.8 Å². The molecule has 1 aliphatic carbocycles. The van der Waals surface area contributed by atoms with Crippen LogP contribution in [0.3, 0.4) is 0 Å². The van der Waals surface area contributed by atoms with E-state index in [1.807, 2.05) is 24.1 Å². The number of carbonyl (C=O) groups is 1. The second-order valence-corrected chi connectivity index (χ2v) is 7.74. The van der Waals surface area contributed by atoms with Gasteiger partial charge in [0.1, 0.15) is 0 Å². The molecule has 3 atom stereocenters. The van der Waals surface area contributed by atoms with Crippen LogP contribution < -0.4 is 5.32 Å². The topological polar surface area (TPSA) is 67.6 Å². The first-order valence-corrected chi connectivity index (χ1v) is 10.1. The van der Waals surface area contributed by atoms with E-state index in [9.17, 15) is 4.79 Å². The highest BCUT2D eigenvalue weighted by Crippen LogP contribution is 2.49. The normalized spacial score (nSPS) is 24.7. The quantitative estimate of drug-likeness (QED) is 0.773. The number of ether oxygens (including phenoxy) is 1. The van der Waals surface area contributed by atoms with E-state index in [2.05, 4.69) is 33.0 Å². The van der Waals surface area contributed by atoms with Crippen LogP contribution in [0.5, 0.6) is 0 Å². The summed E-state index contributed by atoms with van der Waals surface area (Å²) in [6.07, 6.45) is 8.26. The molecule has 26 heavy (non-hydrogen) atoms. The van der Waals surface area contributed by atoms with Crippen molar-refractivity contribution in [2.24, 2.45) is 11.8 Å². The van der Waals surface area contributed by atoms with Gasteiger partial charge in [-0.3, -0.25) is 5.32 Å². The van der Waals surface area contributed by atoms with Gasteiger partial charge in [-0.2, -0.15) is 0 Å². The summed E-state index contributed by atoms with van der Waals surface area (Å²) in [5, 5.41) is 2.73. The molecule has 2 aliphatic rings. The smallest absolute Gasteiger partial charge is 0.412 e. The van der Waals surface area contributed by atoms with Gasteiger partial charge >= 0.3 is 6.09 Å². The molecule has 1 aromatic carbocycles. The van der Waals surface area contributed by atoms with E-state index in [1.165, 1.54) is 37.5 Å². The van der Waals surface area contributed by atoms with Crippen LogP contribution in [0.15, 0.2) is 41.3 Å². The molecule has 0 radical (unpaired) electrons. The maximum absolute atomic E-state index is 11.8. The Balaban J connectivity index is 1.25. The van der Waals surface area contributed by atoms with Gasteiger partial charge in [0.05, 0.1) is 6.20 Å². The Morgan fingerprint density at radius 1 is 1.42 bits per heavy atom. The number of nitrogens with zero attached hydrogens (tertiary/aromatic N) is 2. The fraction of sp³-hybridized carbons (Fsp3) is 0.474. The van der Waals surface area contributed by atoms with Gasteiger partial charge in [-0.25, -0.2) is 14.1 Å². The molecular formula is C19H23N3O3S. The summed E-state index contributed by atoms with van der Waals surface area (Å²) in [7, 11) is 0. The van der Waals surface area contributed by atoms with E-state index < -0.39 is 6.09 Å². The minimum absolute atomic E-state index is 0.0707. The summed E-state index contributed by atoms with van der Waals surface area (Å²) in [5.41, 5.74) is 2.07. The highest BCUT2D eigenvalue weighted by molar-refractivity contribution is 7.96. The number of oxazole rings is 1. The van der Waals surface area contributed by atoms with Crippen molar-refractivity contribution in [2.75, 3.05) is 18.1 Å². The van der Waals surface area contributed by atoms with E-state index in [1.54, 1.807) is 0 Å². The lowest BCUT2D eigenvalue weighted by molar-refractivity contribution is 0.146. The Kier molecular flexibility index (Phi) is 5.17. The Morgan fingerprint density at radius 2 is 2.27 bits per heavy atom. The van der Waals surface area contributed by atoms with Gasteiger partial charge in [0, 0.05) is 18.3 Å². The molecule has 4 rings (SSSR count). The Bertz CT molecular complexity index is 735. The largest absolute Gasteiger partial charge is 0.445 e. The summed E-state index contributed by atoms with van der Waals surface area (Å²) in [6.45, 7) is 1.27. The van der Waals surface area contributed by atoms with Crippen LogP contribution in [0.2, 0.25) is 0 Å². The minimum Gasteiger partial charge on any atom is -0.445 e. The second kappa shape index (κ2) is 7.72. The van der Waals surface area contributed by atoms with Gasteiger partial charge in [-0.05, 0) is 55.1 Å². The van der Waals surface area contributed by atoms with Gasteiger partial charge in [-0.1, -0.05) is 24.1 Å². The van der Waals surface area contributed by atoms with Gasteiger partial charge in [0.2, 0.25) is 0 Å². The van der Waals surface area contributed by atoms with E-state index in [-0.39, 0.29) is 6.61 Å². The number of anilines is 1. The minimum atomic E-state index is -0.501. The first-order valence-electron chi connectivity index (χ1n) is 8.94. The number of carbonyl (C=O) groups excluding carboxylic acids is 1. The average Bonchev–Trinajstić information content (AvgIpc) is 3.29. The van der Waals surface area contributed by atoms with Crippen LogP contribution in [0.4, 0.5) is 10.5 Å². The van der Waals surface area contributed by atoms with Gasteiger partial charge < -0.3 is 9.15 Å². The summed E-state index contributed by atoms with van der Waals surface area (Å²) >= 11 is 1.89. The summed E-state index contributed by atoms with van der Waals surface area (Å²) in [4.78, 5) is 15.6. The van der Waals surface area contributed by atoms with E-state index in [0.717, 1.165) is 30.0 Å². The number of rotatable bonds is 6. The molecule has 2 aromatic rings. The molecule has 2 heterocycles. The first-order chi connectivity index (χ1) is 12.7. The number of fused-ring (bicyclic) bond motifs is 1. The fourth-order valence-corrected chi connectivity index (χ4v) is 4.62. The predicted molar refractivity (Wildman–Crippen MR) is 101 cm³/mol. The molecule has 1 aliphatic heterocycles. The summed E-state index contributed by atoms with van der Waals surface area (Å²) in [6, 6.07) is 8.87. The van der Waals surface area contributed by atoms with E-state index >= 15 is 0 Å². The average molecular weight is 373 g/mol. The van der Waals surface area contributed by atoms with Crippen molar-refractivity contribution in [2.45, 2.75) is 31.9 Å². The Hall–Kier alpha value is -1.99. The SMILES string of the molecule is CSN1CCC(Cc2ccc(NC(=O)OCc3cnco3)cc2)C2CC21. The second-order valence-electron chi connectivity index (χ2n) is 6.91. The maximum Gasteiger partial charge on any atom is 0.412 e. The Morgan fingerprint density at radius 3 is 3.00 bits per heavy atom. The Labute approximate surface area is 157 Å². The molecule has 7 heteroatoms. The van der Waals surface area contributed by atoms with Crippen LogP contribution in [0.1, 0.15) is 24.2 Å². The number of hydrogen-bond acceptors (Lipinski definition) is 6.